The van der Waals surface area contributed by atoms with Gasteiger partial charge in [0.2, 0.25) is 17.7 Å². The van der Waals surface area contributed by atoms with E-state index in [0.29, 0.717) is 25.4 Å². The van der Waals surface area contributed by atoms with Gasteiger partial charge in [0.15, 0.2) is 5.78 Å². The van der Waals surface area contributed by atoms with Gasteiger partial charge in [-0.15, -0.1) is 11.3 Å². The van der Waals surface area contributed by atoms with Crippen LogP contribution in [0.1, 0.15) is 124 Å². The molecular weight excluding hydrogens is 813 g/mol. The Bertz CT molecular complexity index is 1660. The number of nitrogens with zero attached hydrogens (tertiary/aromatic N) is 5. The average molecular weight is 897 g/mol. The van der Waals surface area contributed by atoms with Crippen LogP contribution in [0.2, 0.25) is 0 Å². The van der Waals surface area contributed by atoms with E-state index in [4.69, 9.17) is 9.47 Å². The molecule has 1 saturated heterocycles. The first-order chi connectivity index (χ1) is 29.9. The van der Waals surface area contributed by atoms with Gasteiger partial charge in [-0.3, -0.25) is 24.1 Å². The van der Waals surface area contributed by atoms with Crippen LogP contribution in [-0.2, 0) is 35.1 Å². The van der Waals surface area contributed by atoms with Gasteiger partial charge < -0.3 is 29.5 Å². The van der Waals surface area contributed by atoms with E-state index in [1.54, 1.807) is 25.3 Å². The second kappa shape index (κ2) is 26.7. The van der Waals surface area contributed by atoms with Gasteiger partial charge in [-0.1, -0.05) is 85.2 Å². The molecule has 0 spiro atoms. The lowest BCUT2D eigenvalue weighted by Gasteiger charge is -2.41. The van der Waals surface area contributed by atoms with Crippen LogP contribution in [0.25, 0.3) is 0 Å². The maximum absolute atomic E-state index is 14.7. The minimum Gasteiger partial charge on any atom is -0.379 e. The minimum atomic E-state index is -0.589. The highest BCUT2D eigenvalue weighted by Gasteiger charge is 2.43. The van der Waals surface area contributed by atoms with Gasteiger partial charge in [-0.25, -0.2) is 4.98 Å². The topological polar surface area (TPSA) is 125 Å². The van der Waals surface area contributed by atoms with E-state index in [-0.39, 0.29) is 72.2 Å². The SMILES string of the molecule is CC[C@H](C)[C@@H]([C@@H](CC(=O)N1CCC[C@H]1[C@H](OC)[C@@H](C)C(=O)N[C@@H](Cc1ccccc1)c1nccs1)OC)N(C)C(=O)[C@@H](CC(=O)[C@H](C(C)C)N(C)CCCCN(C)C(C)C)C(C)C. The standard InChI is InChI=1S/C50H84N6O6S/c1-15-36(8)46(55(12)50(60)39(33(2)3)31-42(57)45(34(4)5)54(11)27-20-19-26-53(10)35(6)7)43(61-13)32-44(58)56-28-21-24-41(56)47(62-14)37(9)48(59)52-40(49-51-25-29-63-49)30-38-22-17-16-18-23-38/h16-18,22-23,25,29,33-37,39-41,43,45-47H,15,19-21,24,26-28,30-32H2,1-14H3,(H,52,59)/t36-,37+,39-,40-,41-,43+,45-,46-,47+/m0/s1. The highest BCUT2D eigenvalue weighted by molar-refractivity contribution is 7.09. The maximum atomic E-state index is 14.7. The van der Waals surface area contributed by atoms with E-state index in [0.717, 1.165) is 49.3 Å². The molecule has 0 bridgehead atoms. The van der Waals surface area contributed by atoms with Crippen molar-refractivity contribution in [1.82, 2.24) is 29.9 Å². The number of carbonyl (C=O) groups is 4. The lowest BCUT2D eigenvalue weighted by atomic mass is 9.83. The summed E-state index contributed by atoms with van der Waals surface area (Å²) in [6.45, 7) is 21.0. The van der Waals surface area contributed by atoms with Gasteiger partial charge in [-0.2, -0.15) is 0 Å². The third-order valence-corrected chi connectivity index (χ3v) is 14.6. The number of Topliss-reactive ketones (excluding diaryl/α,β-unsaturated/α-hetero) is 1. The molecule has 1 aliphatic heterocycles. The number of benzene rings is 1. The van der Waals surface area contributed by atoms with Crippen molar-refractivity contribution in [3.05, 3.63) is 52.5 Å². The summed E-state index contributed by atoms with van der Waals surface area (Å²) in [6, 6.07) is 9.25. The Morgan fingerprint density at radius 2 is 1.54 bits per heavy atom. The summed E-state index contributed by atoms with van der Waals surface area (Å²) in [5.74, 6) is -1.27. The number of ketones is 1. The number of carbonyl (C=O) groups excluding carboxylic acids is 4. The molecule has 1 aromatic heterocycles. The molecular formula is C50H84N6O6S. The van der Waals surface area contributed by atoms with Crippen LogP contribution in [0.5, 0.6) is 0 Å². The number of aromatic nitrogens is 1. The summed E-state index contributed by atoms with van der Waals surface area (Å²) in [5.41, 5.74) is 1.10. The summed E-state index contributed by atoms with van der Waals surface area (Å²) in [5, 5.41) is 6.00. The molecule has 2 heterocycles. The van der Waals surface area contributed by atoms with Crippen LogP contribution in [0.3, 0.4) is 0 Å². The van der Waals surface area contributed by atoms with Crippen LogP contribution in [0.15, 0.2) is 41.9 Å². The summed E-state index contributed by atoms with van der Waals surface area (Å²) in [4.78, 5) is 70.0. The number of likely N-dealkylation sites (tertiary alicyclic amines) is 1. The van der Waals surface area contributed by atoms with Crippen molar-refractivity contribution in [2.45, 2.75) is 156 Å². The quantitative estimate of drug-likeness (QED) is 0.0854. The third-order valence-electron chi connectivity index (χ3n) is 13.7. The van der Waals surface area contributed by atoms with Crippen molar-refractivity contribution >= 4 is 34.8 Å². The van der Waals surface area contributed by atoms with Crippen molar-refractivity contribution < 1.29 is 28.7 Å². The second-order valence-corrected chi connectivity index (χ2v) is 20.1. The van der Waals surface area contributed by atoms with E-state index in [2.05, 4.69) is 68.7 Å². The molecule has 13 heteroatoms. The molecule has 0 radical (unpaired) electrons. The van der Waals surface area contributed by atoms with Gasteiger partial charge in [-0.05, 0) is 96.5 Å². The summed E-state index contributed by atoms with van der Waals surface area (Å²) in [7, 11) is 9.22. The van der Waals surface area contributed by atoms with E-state index in [9.17, 15) is 19.2 Å². The van der Waals surface area contributed by atoms with Crippen molar-refractivity contribution in [3.63, 3.8) is 0 Å². The lowest BCUT2D eigenvalue weighted by molar-refractivity contribution is -0.149. The number of nitrogens with one attached hydrogen (secondary N) is 1. The molecule has 356 valence electrons. The summed E-state index contributed by atoms with van der Waals surface area (Å²) < 4.78 is 12.2. The van der Waals surface area contributed by atoms with Gasteiger partial charge in [0.05, 0.1) is 48.7 Å². The lowest BCUT2D eigenvalue weighted by Crippen LogP contribution is -2.54. The van der Waals surface area contributed by atoms with Crippen molar-refractivity contribution in [2.24, 2.45) is 29.6 Å². The monoisotopic (exact) mass is 897 g/mol. The van der Waals surface area contributed by atoms with Gasteiger partial charge >= 0.3 is 0 Å². The Labute approximate surface area is 385 Å². The first kappa shape index (κ1) is 54.1. The number of hydrogen-bond donors (Lipinski definition) is 1. The Hall–Kier alpha value is -3.23. The highest BCUT2D eigenvalue weighted by atomic mass is 32.1. The number of hydrogen-bond acceptors (Lipinski definition) is 10. The van der Waals surface area contributed by atoms with Crippen LogP contribution in [0, 0.1) is 29.6 Å². The van der Waals surface area contributed by atoms with Crippen LogP contribution >= 0.6 is 11.3 Å². The van der Waals surface area contributed by atoms with Crippen LogP contribution in [-0.4, -0.2) is 139 Å². The minimum absolute atomic E-state index is 0.0102. The van der Waals surface area contributed by atoms with Gasteiger partial charge in [0.1, 0.15) is 5.01 Å². The molecule has 0 aliphatic carbocycles. The number of ether oxygens (including phenoxy) is 2. The molecule has 63 heavy (non-hydrogen) atoms. The zero-order chi connectivity index (χ0) is 47.0. The fraction of sp³-hybridized carbons (Fsp3) is 0.740. The average Bonchev–Trinajstić information content (AvgIpc) is 3.97. The molecule has 1 aromatic carbocycles. The van der Waals surface area contributed by atoms with Crippen molar-refractivity contribution in [2.75, 3.05) is 55.0 Å². The predicted molar refractivity (Wildman–Crippen MR) is 255 cm³/mol. The van der Waals surface area contributed by atoms with E-state index in [1.807, 2.05) is 75.5 Å². The van der Waals surface area contributed by atoms with Crippen molar-refractivity contribution in [3.8, 4) is 0 Å². The predicted octanol–water partition coefficient (Wildman–Crippen LogP) is 7.77. The second-order valence-electron chi connectivity index (χ2n) is 19.2. The van der Waals surface area contributed by atoms with E-state index < -0.39 is 30.1 Å². The summed E-state index contributed by atoms with van der Waals surface area (Å²) >= 11 is 1.51. The van der Waals surface area contributed by atoms with Crippen molar-refractivity contribution in [1.29, 1.82) is 0 Å². The summed E-state index contributed by atoms with van der Waals surface area (Å²) in [6.07, 6.45) is 5.77. The number of thiazole rings is 1. The third kappa shape index (κ3) is 15.4. The molecule has 1 aliphatic rings. The Kier molecular flexibility index (Phi) is 22.9. The number of likely N-dealkylation sites (N-methyl/N-ethyl adjacent to an activating group) is 2. The van der Waals surface area contributed by atoms with Gasteiger partial charge in [0.25, 0.3) is 0 Å². The fourth-order valence-corrected chi connectivity index (χ4v) is 10.2. The smallest absolute Gasteiger partial charge is 0.226 e. The molecule has 3 rings (SSSR count). The van der Waals surface area contributed by atoms with Crippen LogP contribution in [0.4, 0.5) is 0 Å². The molecule has 1 fully saturated rings. The number of rotatable bonds is 28. The fourth-order valence-electron chi connectivity index (χ4n) is 9.52. The molecule has 2 aromatic rings. The van der Waals surface area contributed by atoms with Crippen LogP contribution < -0.4 is 5.32 Å². The van der Waals surface area contributed by atoms with E-state index >= 15 is 0 Å². The zero-order valence-corrected chi connectivity index (χ0v) is 42.2. The maximum Gasteiger partial charge on any atom is 0.226 e. The molecule has 12 nitrogen and oxygen atoms in total. The molecule has 1 N–H and O–H groups in total. The first-order valence-electron chi connectivity index (χ1n) is 23.7. The first-order valence-corrected chi connectivity index (χ1v) is 24.5. The number of unbranched alkanes of at least 4 members (excludes halogenated alkanes) is 1. The zero-order valence-electron chi connectivity index (χ0n) is 41.3. The molecule has 3 amide bonds. The molecule has 0 unspecified atom stereocenters. The number of amides is 3. The Morgan fingerprint density at radius 1 is 0.889 bits per heavy atom. The van der Waals surface area contributed by atoms with Gasteiger partial charge in [0, 0.05) is 57.8 Å². The highest BCUT2D eigenvalue weighted by Crippen LogP contribution is 2.32. The normalized spacial score (nSPS) is 18.4. The Balaban J connectivity index is 1.75. The molecule has 0 saturated carbocycles. The van der Waals surface area contributed by atoms with E-state index in [1.165, 1.54) is 11.3 Å². The largest absolute Gasteiger partial charge is 0.379 e. The Morgan fingerprint density at radius 3 is 2.08 bits per heavy atom. The number of methoxy groups -OCH3 is 2. The molecule has 9 atom stereocenters.